The van der Waals surface area contributed by atoms with Crippen LogP contribution in [0, 0.1) is 0 Å². The summed E-state index contributed by atoms with van der Waals surface area (Å²) < 4.78 is 9.20. The lowest BCUT2D eigenvalue weighted by Gasteiger charge is -2.19. The number of nitrogens with one attached hydrogen (secondary N) is 1. The SMILES string of the molecule is COc1cc(=O)n2c(c1C(=O)NCCCn1ccnc1)CCN(Cc1ccc3ccccc3c1)CC2. The van der Waals surface area contributed by atoms with Crippen LogP contribution in [0.2, 0.25) is 0 Å². The number of carbonyl (C=O) groups is 1. The third-order valence-corrected chi connectivity index (χ3v) is 6.79. The molecule has 5 rings (SSSR count). The zero-order valence-electron chi connectivity index (χ0n) is 20.5. The average Bonchev–Trinajstić information content (AvgIpc) is 3.33. The molecule has 4 aromatic rings. The van der Waals surface area contributed by atoms with Crippen LogP contribution in [0.1, 0.15) is 28.0 Å². The zero-order valence-corrected chi connectivity index (χ0v) is 20.5. The van der Waals surface area contributed by atoms with E-state index in [-0.39, 0.29) is 11.5 Å². The summed E-state index contributed by atoms with van der Waals surface area (Å²) in [6.45, 7) is 4.10. The van der Waals surface area contributed by atoms with Crippen LogP contribution in [-0.4, -0.2) is 51.7 Å². The number of pyridine rings is 1. The maximum absolute atomic E-state index is 13.2. The van der Waals surface area contributed by atoms with E-state index in [0.717, 1.165) is 38.3 Å². The molecular weight excluding hydrogens is 454 g/mol. The molecule has 0 radical (unpaired) electrons. The number of benzene rings is 2. The van der Waals surface area contributed by atoms with Crippen molar-refractivity contribution in [2.45, 2.75) is 32.5 Å². The van der Waals surface area contributed by atoms with Gasteiger partial charge >= 0.3 is 0 Å². The van der Waals surface area contributed by atoms with Crippen molar-refractivity contribution >= 4 is 16.7 Å². The Morgan fingerprint density at radius 1 is 1.08 bits per heavy atom. The molecule has 0 atom stereocenters. The first kappa shape index (κ1) is 23.8. The second-order valence-electron chi connectivity index (χ2n) is 9.14. The lowest BCUT2D eigenvalue weighted by Crippen LogP contribution is -2.32. The molecule has 8 heteroatoms. The van der Waals surface area contributed by atoms with Crippen molar-refractivity contribution in [3.05, 3.63) is 94.4 Å². The Labute approximate surface area is 210 Å². The topological polar surface area (TPSA) is 81.4 Å². The molecule has 2 aromatic heterocycles. The van der Waals surface area contributed by atoms with Gasteiger partial charge in [0, 0.05) is 69.8 Å². The second-order valence-corrected chi connectivity index (χ2v) is 9.14. The number of carbonyl (C=O) groups excluding carboxylic acids is 1. The van der Waals surface area contributed by atoms with Crippen molar-refractivity contribution in [1.82, 2.24) is 24.3 Å². The molecule has 1 amide bonds. The molecule has 8 nitrogen and oxygen atoms in total. The van der Waals surface area contributed by atoms with Crippen LogP contribution < -0.4 is 15.6 Å². The minimum absolute atomic E-state index is 0.133. The van der Waals surface area contributed by atoms with Gasteiger partial charge in [-0.25, -0.2) is 4.98 Å². The molecular formula is C28H31N5O3. The molecule has 2 aromatic carbocycles. The monoisotopic (exact) mass is 485 g/mol. The third-order valence-electron chi connectivity index (χ3n) is 6.79. The van der Waals surface area contributed by atoms with E-state index in [0.29, 0.717) is 30.8 Å². The molecule has 1 N–H and O–H groups in total. The van der Waals surface area contributed by atoms with Crippen LogP contribution in [0.25, 0.3) is 10.8 Å². The molecule has 0 aliphatic carbocycles. The fourth-order valence-corrected chi connectivity index (χ4v) is 4.92. The standard InChI is InChI=1S/C28H31N5O3/c1-36-25-18-26(34)33-16-15-31(19-21-7-8-22-5-2-3-6-23(22)17-21)13-9-24(33)27(25)28(35)30-10-4-12-32-14-11-29-20-32/h2-3,5-8,11,14,17-18,20H,4,9-10,12-13,15-16,19H2,1H3,(H,30,35). The van der Waals surface area contributed by atoms with E-state index < -0.39 is 0 Å². The molecule has 36 heavy (non-hydrogen) atoms. The van der Waals surface area contributed by atoms with Crippen molar-refractivity contribution in [3.8, 4) is 5.75 Å². The highest BCUT2D eigenvalue weighted by Gasteiger charge is 2.25. The van der Waals surface area contributed by atoms with Crippen LogP contribution >= 0.6 is 0 Å². The van der Waals surface area contributed by atoms with Gasteiger partial charge in [0.1, 0.15) is 11.3 Å². The van der Waals surface area contributed by atoms with Crippen LogP contribution in [-0.2, 0) is 26.1 Å². The number of hydrogen-bond acceptors (Lipinski definition) is 5. The zero-order chi connectivity index (χ0) is 24.9. The number of ether oxygens (including phenoxy) is 1. The molecule has 1 aliphatic heterocycles. The summed E-state index contributed by atoms with van der Waals surface area (Å²) >= 11 is 0. The van der Waals surface area contributed by atoms with Gasteiger partial charge in [-0.05, 0) is 28.8 Å². The number of imidazole rings is 1. The Balaban J connectivity index is 1.30. The Kier molecular flexibility index (Phi) is 7.13. The van der Waals surface area contributed by atoms with Crippen molar-refractivity contribution in [1.29, 1.82) is 0 Å². The number of fused-ring (bicyclic) bond motifs is 2. The van der Waals surface area contributed by atoms with Crippen LogP contribution in [0.5, 0.6) is 5.75 Å². The number of aromatic nitrogens is 3. The van der Waals surface area contributed by atoms with Gasteiger partial charge in [-0.15, -0.1) is 0 Å². The summed E-state index contributed by atoms with van der Waals surface area (Å²) in [4.78, 5) is 32.5. The van der Waals surface area contributed by atoms with E-state index >= 15 is 0 Å². The number of rotatable bonds is 8. The predicted molar refractivity (Wildman–Crippen MR) is 139 cm³/mol. The van der Waals surface area contributed by atoms with E-state index in [1.54, 1.807) is 17.1 Å². The average molecular weight is 486 g/mol. The van der Waals surface area contributed by atoms with Crippen molar-refractivity contribution < 1.29 is 9.53 Å². The maximum atomic E-state index is 13.2. The minimum atomic E-state index is -0.204. The van der Waals surface area contributed by atoms with Gasteiger partial charge in [-0.3, -0.25) is 14.5 Å². The summed E-state index contributed by atoms with van der Waals surface area (Å²) in [5.41, 5.74) is 2.31. The van der Waals surface area contributed by atoms with Crippen molar-refractivity contribution in [2.75, 3.05) is 26.7 Å². The Morgan fingerprint density at radius 3 is 2.75 bits per heavy atom. The van der Waals surface area contributed by atoms with E-state index in [9.17, 15) is 9.59 Å². The lowest BCUT2D eigenvalue weighted by molar-refractivity contribution is 0.0947. The molecule has 0 saturated heterocycles. The van der Waals surface area contributed by atoms with Gasteiger partial charge in [-0.1, -0.05) is 36.4 Å². The molecule has 0 unspecified atom stereocenters. The van der Waals surface area contributed by atoms with Crippen molar-refractivity contribution in [2.24, 2.45) is 0 Å². The fourth-order valence-electron chi connectivity index (χ4n) is 4.92. The first-order valence-electron chi connectivity index (χ1n) is 12.4. The highest BCUT2D eigenvalue weighted by atomic mass is 16.5. The normalized spacial score (nSPS) is 13.8. The minimum Gasteiger partial charge on any atom is -0.496 e. The molecule has 0 spiro atoms. The highest BCUT2D eigenvalue weighted by molar-refractivity contribution is 5.98. The van der Waals surface area contributed by atoms with Crippen molar-refractivity contribution in [3.63, 3.8) is 0 Å². The van der Waals surface area contributed by atoms with Crippen LogP contribution in [0.3, 0.4) is 0 Å². The van der Waals surface area contributed by atoms with Gasteiger partial charge in [0.2, 0.25) is 0 Å². The van der Waals surface area contributed by atoms with Gasteiger partial charge in [0.25, 0.3) is 11.5 Å². The molecule has 0 saturated carbocycles. The lowest BCUT2D eigenvalue weighted by atomic mass is 10.1. The van der Waals surface area contributed by atoms with E-state index in [4.69, 9.17) is 4.74 Å². The largest absolute Gasteiger partial charge is 0.496 e. The second kappa shape index (κ2) is 10.8. The predicted octanol–water partition coefficient (Wildman–Crippen LogP) is 3.09. The summed E-state index contributed by atoms with van der Waals surface area (Å²) in [6, 6.07) is 16.3. The van der Waals surface area contributed by atoms with Crippen LogP contribution in [0.15, 0.2) is 72.0 Å². The van der Waals surface area contributed by atoms with Gasteiger partial charge in [0.05, 0.1) is 13.4 Å². The quantitative estimate of drug-likeness (QED) is 0.388. The number of methoxy groups -OCH3 is 1. The smallest absolute Gasteiger partial charge is 0.256 e. The Hall–Kier alpha value is -3.91. The Morgan fingerprint density at radius 2 is 1.94 bits per heavy atom. The molecule has 0 fully saturated rings. The highest BCUT2D eigenvalue weighted by Crippen LogP contribution is 2.24. The summed E-state index contributed by atoms with van der Waals surface area (Å²) in [5, 5.41) is 5.46. The first-order chi connectivity index (χ1) is 17.6. The number of aryl methyl sites for hydroxylation is 1. The first-order valence-corrected chi connectivity index (χ1v) is 12.4. The maximum Gasteiger partial charge on any atom is 0.256 e. The number of hydrogen-bond donors (Lipinski definition) is 1. The van der Waals surface area contributed by atoms with E-state index in [2.05, 4.69) is 51.6 Å². The molecule has 1 aliphatic rings. The molecule has 186 valence electrons. The molecule has 0 bridgehead atoms. The van der Waals surface area contributed by atoms with Gasteiger partial charge in [0.15, 0.2) is 0 Å². The fraction of sp³-hybridized carbons (Fsp3) is 0.321. The van der Waals surface area contributed by atoms with E-state index in [1.165, 1.54) is 29.5 Å². The summed E-state index contributed by atoms with van der Waals surface area (Å²) in [7, 11) is 1.50. The van der Waals surface area contributed by atoms with Crippen LogP contribution in [0.4, 0.5) is 0 Å². The van der Waals surface area contributed by atoms with E-state index in [1.807, 2.05) is 16.8 Å². The summed E-state index contributed by atoms with van der Waals surface area (Å²) in [5.74, 6) is 0.130. The number of amides is 1. The Bertz CT molecular complexity index is 1410. The van der Waals surface area contributed by atoms with Gasteiger partial charge < -0.3 is 19.2 Å². The number of nitrogens with zero attached hydrogens (tertiary/aromatic N) is 4. The van der Waals surface area contributed by atoms with Gasteiger partial charge in [-0.2, -0.15) is 0 Å². The molecule has 3 heterocycles. The third kappa shape index (κ3) is 5.18. The summed E-state index contributed by atoms with van der Waals surface area (Å²) in [6.07, 6.45) is 6.77.